The third-order valence-corrected chi connectivity index (χ3v) is 5.21. The summed E-state index contributed by atoms with van der Waals surface area (Å²) in [6, 6.07) is 13.1. The molecule has 0 bridgehead atoms. The van der Waals surface area contributed by atoms with Gasteiger partial charge in [0.1, 0.15) is 11.1 Å². The minimum absolute atomic E-state index is 0.228. The van der Waals surface area contributed by atoms with Crippen LogP contribution in [0.2, 0.25) is 0 Å². The first-order valence-electron chi connectivity index (χ1n) is 7.76. The van der Waals surface area contributed by atoms with Crippen LogP contribution in [0, 0.1) is 12.7 Å². The topological polar surface area (TPSA) is 74.6 Å². The van der Waals surface area contributed by atoms with Crippen molar-refractivity contribution in [1.29, 1.82) is 0 Å². The Labute approximate surface area is 149 Å². The van der Waals surface area contributed by atoms with Crippen LogP contribution in [0.15, 0.2) is 48.5 Å². The third-order valence-electron chi connectivity index (χ3n) is 3.75. The van der Waals surface area contributed by atoms with E-state index in [0.29, 0.717) is 5.56 Å². The molecule has 0 aliphatic heterocycles. The van der Waals surface area contributed by atoms with E-state index in [1.54, 1.807) is 0 Å². The lowest BCUT2D eigenvalue weighted by atomic mass is 10.1. The summed E-state index contributed by atoms with van der Waals surface area (Å²) in [5.41, 5.74) is 2.56. The van der Waals surface area contributed by atoms with Crippen molar-refractivity contribution in [3.05, 3.63) is 71.0 Å². The number of hydrogen-bond donors (Lipinski definition) is 2. The van der Waals surface area contributed by atoms with Gasteiger partial charge in [-0.05, 0) is 36.6 Å². The molecule has 0 aromatic heterocycles. The zero-order valence-corrected chi connectivity index (χ0v) is 14.5. The standard InChI is InChI=1S/C19H19FO4S/c1-12-2-4-13(5-3-12)10-17(19(23)24)25-16(11-18(21)22)14-6-8-15(20)9-7-14/h2-9,16-17H,10-11H2,1H3,(H,21,22)(H,23,24)/t16-,17-/m0/s1. The van der Waals surface area contributed by atoms with E-state index in [2.05, 4.69) is 0 Å². The molecule has 132 valence electrons. The van der Waals surface area contributed by atoms with Gasteiger partial charge in [0, 0.05) is 5.25 Å². The van der Waals surface area contributed by atoms with Crippen molar-refractivity contribution in [3.8, 4) is 0 Å². The Morgan fingerprint density at radius 1 is 1.04 bits per heavy atom. The highest BCUT2D eigenvalue weighted by molar-refractivity contribution is 8.00. The normalized spacial score (nSPS) is 13.2. The van der Waals surface area contributed by atoms with Crippen molar-refractivity contribution >= 4 is 23.7 Å². The van der Waals surface area contributed by atoms with Gasteiger partial charge in [-0.1, -0.05) is 42.0 Å². The van der Waals surface area contributed by atoms with E-state index >= 15 is 0 Å². The molecule has 0 radical (unpaired) electrons. The van der Waals surface area contributed by atoms with E-state index in [4.69, 9.17) is 5.11 Å². The largest absolute Gasteiger partial charge is 0.481 e. The molecule has 0 saturated carbocycles. The Hall–Kier alpha value is -2.34. The number of benzene rings is 2. The van der Waals surface area contributed by atoms with Gasteiger partial charge in [-0.25, -0.2) is 4.39 Å². The number of rotatable bonds is 8. The smallest absolute Gasteiger partial charge is 0.316 e. The van der Waals surface area contributed by atoms with Gasteiger partial charge in [0.15, 0.2) is 0 Å². The fourth-order valence-corrected chi connectivity index (χ4v) is 3.77. The van der Waals surface area contributed by atoms with E-state index in [1.165, 1.54) is 24.3 Å². The Bertz CT molecular complexity index is 728. The van der Waals surface area contributed by atoms with Gasteiger partial charge in [0.25, 0.3) is 0 Å². The van der Waals surface area contributed by atoms with Gasteiger partial charge in [-0.15, -0.1) is 11.8 Å². The van der Waals surface area contributed by atoms with Crippen LogP contribution in [0.4, 0.5) is 4.39 Å². The maximum Gasteiger partial charge on any atom is 0.316 e. The molecule has 2 atom stereocenters. The molecule has 4 nitrogen and oxygen atoms in total. The van der Waals surface area contributed by atoms with Gasteiger partial charge >= 0.3 is 11.9 Å². The fraction of sp³-hybridized carbons (Fsp3) is 0.263. The van der Waals surface area contributed by atoms with Crippen molar-refractivity contribution < 1.29 is 24.2 Å². The van der Waals surface area contributed by atoms with Crippen molar-refractivity contribution in [2.45, 2.75) is 30.3 Å². The summed E-state index contributed by atoms with van der Waals surface area (Å²) in [5.74, 6) is -2.44. The number of aliphatic carboxylic acids is 2. The number of hydrogen-bond acceptors (Lipinski definition) is 3. The molecule has 2 N–H and O–H groups in total. The average Bonchev–Trinajstić information content (AvgIpc) is 2.55. The van der Waals surface area contributed by atoms with Crippen LogP contribution in [-0.4, -0.2) is 27.4 Å². The van der Waals surface area contributed by atoms with Crippen LogP contribution in [-0.2, 0) is 16.0 Å². The van der Waals surface area contributed by atoms with Gasteiger partial charge in [0.2, 0.25) is 0 Å². The molecule has 0 saturated heterocycles. The van der Waals surface area contributed by atoms with Crippen LogP contribution in [0.5, 0.6) is 0 Å². The zero-order chi connectivity index (χ0) is 18.4. The zero-order valence-electron chi connectivity index (χ0n) is 13.7. The average molecular weight is 362 g/mol. The number of aryl methyl sites for hydroxylation is 1. The molecule has 0 aliphatic rings. The number of carboxylic acid groups (broad SMARTS) is 2. The Morgan fingerprint density at radius 3 is 2.16 bits per heavy atom. The predicted molar refractivity (Wildman–Crippen MR) is 95.3 cm³/mol. The molecule has 2 aromatic carbocycles. The number of carboxylic acids is 2. The summed E-state index contributed by atoms with van der Waals surface area (Å²) in [5, 5.41) is 17.3. The first-order valence-corrected chi connectivity index (χ1v) is 8.70. The van der Waals surface area contributed by atoms with Crippen molar-refractivity contribution in [1.82, 2.24) is 0 Å². The molecule has 6 heteroatoms. The van der Waals surface area contributed by atoms with Crippen LogP contribution < -0.4 is 0 Å². The molecular formula is C19H19FO4S. The van der Waals surface area contributed by atoms with Crippen LogP contribution in [0.3, 0.4) is 0 Å². The lowest BCUT2D eigenvalue weighted by molar-refractivity contribution is -0.138. The number of carbonyl (C=O) groups is 2. The van der Waals surface area contributed by atoms with Gasteiger partial charge < -0.3 is 10.2 Å². The molecular weight excluding hydrogens is 343 g/mol. The fourth-order valence-electron chi connectivity index (χ4n) is 2.41. The molecule has 0 amide bonds. The molecule has 0 spiro atoms. The van der Waals surface area contributed by atoms with Crippen molar-refractivity contribution in [3.63, 3.8) is 0 Å². The Kier molecular flexibility index (Phi) is 6.58. The first-order chi connectivity index (χ1) is 11.8. The molecule has 2 aromatic rings. The van der Waals surface area contributed by atoms with E-state index in [1.807, 2.05) is 31.2 Å². The highest BCUT2D eigenvalue weighted by Crippen LogP contribution is 2.36. The second kappa shape index (κ2) is 8.67. The predicted octanol–water partition coefficient (Wildman–Crippen LogP) is 4.08. The maximum atomic E-state index is 13.1. The molecule has 0 heterocycles. The van der Waals surface area contributed by atoms with Crippen molar-refractivity contribution in [2.24, 2.45) is 0 Å². The second-order valence-electron chi connectivity index (χ2n) is 5.79. The molecule has 25 heavy (non-hydrogen) atoms. The van der Waals surface area contributed by atoms with Crippen LogP contribution in [0.25, 0.3) is 0 Å². The highest BCUT2D eigenvalue weighted by Gasteiger charge is 2.26. The summed E-state index contributed by atoms with van der Waals surface area (Å²) in [6.07, 6.45) is 0.0611. The monoisotopic (exact) mass is 362 g/mol. The summed E-state index contributed by atoms with van der Waals surface area (Å²) in [7, 11) is 0. The van der Waals surface area contributed by atoms with Crippen LogP contribution in [0.1, 0.15) is 28.4 Å². The van der Waals surface area contributed by atoms with Gasteiger partial charge in [0.05, 0.1) is 6.42 Å². The first kappa shape index (κ1) is 19.0. The van der Waals surface area contributed by atoms with E-state index in [9.17, 15) is 19.1 Å². The van der Waals surface area contributed by atoms with Crippen LogP contribution >= 0.6 is 11.8 Å². The Balaban J connectivity index is 2.19. The van der Waals surface area contributed by atoms with Gasteiger partial charge in [-0.2, -0.15) is 0 Å². The summed E-state index contributed by atoms with van der Waals surface area (Å²) >= 11 is 1.08. The molecule has 0 aliphatic carbocycles. The molecule has 2 rings (SSSR count). The third kappa shape index (κ3) is 5.90. The van der Waals surface area contributed by atoms with E-state index in [0.717, 1.165) is 22.9 Å². The quantitative estimate of drug-likeness (QED) is 0.740. The minimum atomic E-state index is -1.03. The minimum Gasteiger partial charge on any atom is -0.481 e. The summed E-state index contributed by atoms with van der Waals surface area (Å²) in [4.78, 5) is 22.8. The highest BCUT2D eigenvalue weighted by atomic mass is 32.2. The van der Waals surface area contributed by atoms with Gasteiger partial charge in [-0.3, -0.25) is 9.59 Å². The lowest BCUT2D eigenvalue weighted by Crippen LogP contribution is -2.21. The Morgan fingerprint density at radius 2 is 1.64 bits per heavy atom. The van der Waals surface area contributed by atoms with E-state index in [-0.39, 0.29) is 12.8 Å². The number of thioether (sulfide) groups is 1. The second-order valence-corrected chi connectivity index (χ2v) is 7.20. The number of halogens is 1. The maximum absolute atomic E-state index is 13.1. The van der Waals surface area contributed by atoms with Crippen molar-refractivity contribution in [2.75, 3.05) is 0 Å². The molecule has 0 unspecified atom stereocenters. The summed E-state index contributed by atoms with van der Waals surface area (Å²) < 4.78 is 13.1. The summed E-state index contributed by atoms with van der Waals surface area (Å²) in [6.45, 7) is 1.95. The van der Waals surface area contributed by atoms with E-state index < -0.39 is 28.3 Å². The molecule has 0 fully saturated rings. The SMILES string of the molecule is Cc1ccc(C[C@H](S[C@@H](CC(=O)O)c2ccc(F)cc2)C(=O)O)cc1. The lowest BCUT2D eigenvalue weighted by Gasteiger charge is -2.20.